The van der Waals surface area contributed by atoms with Crippen LogP contribution >= 0.6 is 0 Å². The van der Waals surface area contributed by atoms with Gasteiger partial charge in [0.2, 0.25) is 0 Å². The second-order valence-corrected chi connectivity index (χ2v) is 8.21. The van der Waals surface area contributed by atoms with E-state index in [9.17, 15) is 13.6 Å². The maximum atomic E-state index is 14.8. The maximum Gasteiger partial charge on any atom is 0.271 e. The number of hydrogen-bond acceptors (Lipinski definition) is 3. The molecule has 0 saturated heterocycles. The fourth-order valence-corrected chi connectivity index (χ4v) is 4.12. The first kappa shape index (κ1) is 21.0. The van der Waals surface area contributed by atoms with E-state index in [0.717, 1.165) is 36.7 Å². The fraction of sp³-hybridized carbons (Fsp3) is 0.391. The number of rotatable bonds is 5. The lowest BCUT2D eigenvalue weighted by Gasteiger charge is -2.47. The molecule has 3 rings (SSSR count). The molecule has 0 bridgehead atoms. The molecule has 1 aliphatic rings. The number of amides is 1. The summed E-state index contributed by atoms with van der Waals surface area (Å²) >= 11 is 0. The monoisotopic (exact) mass is 399 g/mol. The van der Waals surface area contributed by atoms with Crippen LogP contribution in [0.2, 0.25) is 0 Å². The molecule has 4 nitrogen and oxygen atoms in total. The van der Waals surface area contributed by atoms with Crippen molar-refractivity contribution in [2.75, 3.05) is 11.4 Å². The Hall–Kier alpha value is -2.76. The average molecular weight is 399 g/mol. The number of hydrogen-bond donors (Lipinski definition) is 1. The van der Waals surface area contributed by atoms with Crippen LogP contribution in [0.3, 0.4) is 0 Å². The Morgan fingerprint density at radius 1 is 1.31 bits per heavy atom. The smallest absolute Gasteiger partial charge is 0.271 e. The summed E-state index contributed by atoms with van der Waals surface area (Å²) in [5.74, 6) is -1.17. The first-order valence-corrected chi connectivity index (χ1v) is 9.93. The van der Waals surface area contributed by atoms with Crippen molar-refractivity contribution in [3.05, 3.63) is 64.7 Å². The van der Waals surface area contributed by atoms with Crippen molar-refractivity contribution in [2.45, 2.75) is 52.0 Å². The Morgan fingerprint density at radius 3 is 2.76 bits per heavy atom. The highest BCUT2D eigenvalue weighted by molar-refractivity contribution is 5.95. The van der Waals surface area contributed by atoms with Crippen LogP contribution < -0.4 is 10.3 Å². The third-order valence-electron chi connectivity index (χ3n) is 5.41. The van der Waals surface area contributed by atoms with Gasteiger partial charge in [0, 0.05) is 28.9 Å². The molecule has 2 aromatic carbocycles. The number of carbonyl (C=O) groups excluding carboxylic acids is 1. The van der Waals surface area contributed by atoms with Crippen molar-refractivity contribution in [2.24, 2.45) is 5.10 Å². The molecule has 1 aliphatic heterocycles. The molecule has 1 unspecified atom stereocenters. The minimum Gasteiger partial charge on any atom is -0.366 e. The topological polar surface area (TPSA) is 44.7 Å². The average Bonchev–Trinajstić information content (AvgIpc) is 2.65. The molecule has 154 valence electrons. The van der Waals surface area contributed by atoms with E-state index in [1.165, 1.54) is 24.4 Å². The number of fused-ring (bicyclic) bond motifs is 1. The summed E-state index contributed by atoms with van der Waals surface area (Å²) in [6, 6.07) is 8.69. The molecule has 29 heavy (non-hydrogen) atoms. The van der Waals surface area contributed by atoms with Crippen LogP contribution in [-0.2, 0) is 0 Å². The van der Waals surface area contributed by atoms with E-state index in [1.807, 2.05) is 6.07 Å². The Labute approximate surface area is 170 Å². The van der Waals surface area contributed by atoms with E-state index in [1.54, 1.807) is 6.07 Å². The summed E-state index contributed by atoms with van der Waals surface area (Å²) < 4.78 is 28.0. The van der Waals surface area contributed by atoms with Crippen LogP contribution in [0.25, 0.3) is 0 Å². The van der Waals surface area contributed by atoms with E-state index in [4.69, 9.17) is 0 Å². The summed E-state index contributed by atoms with van der Waals surface area (Å²) in [5, 5.41) is 3.87. The molecule has 1 N–H and O–H groups in total. The van der Waals surface area contributed by atoms with Gasteiger partial charge in [-0.05, 0) is 68.5 Å². The van der Waals surface area contributed by atoms with Crippen molar-refractivity contribution < 1.29 is 13.6 Å². The lowest BCUT2D eigenvalue weighted by Crippen LogP contribution is -2.48. The van der Waals surface area contributed by atoms with E-state index >= 15 is 0 Å². The Kier molecular flexibility index (Phi) is 6.01. The van der Waals surface area contributed by atoms with Gasteiger partial charge in [-0.2, -0.15) is 5.10 Å². The molecule has 0 saturated carbocycles. The molecule has 2 aromatic rings. The molecule has 0 aromatic heterocycles. The predicted octanol–water partition coefficient (Wildman–Crippen LogP) is 5.23. The molecule has 0 fully saturated rings. The van der Waals surface area contributed by atoms with E-state index in [2.05, 4.69) is 43.1 Å². The molecule has 1 amide bonds. The van der Waals surface area contributed by atoms with Gasteiger partial charge in [0.25, 0.3) is 5.91 Å². The lowest BCUT2D eigenvalue weighted by molar-refractivity contribution is 0.0954. The van der Waals surface area contributed by atoms with Gasteiger partial charge >= 0.3 is 0 Å². The third kappa shape index (κ3) is 4.47. The molecule has 1 heterocycles. The Balaban J connectivity index is 1.84. The zero-order valence-corrected chi connectivity index (χ0v) is 17.3. The normalized spacial score (nSPS) is 18.0. The zero-order valence-electron chi connectivity index (χ0n) is 17.3. The van der Waals surface area contributed by atoms with E-state index in [0.29, 0.717) is 5.56 Å². The van der Waals surface area contributed by atoms with Crippen LogP contribution in [0.5, 0.6) is 0 Å². The Morgan fingerprint density at radius 2 is 2.07 bits per heavy atom. The quantitative estimate of drug-likeness (QED) is 0.553. The SMILES string of the molecule is CCCN1c2cc(F)c(/C=N\NC(=O)c3cccc(F)c3)cc2C(C)CC1(C)C. The second kappa shape index (κ2) is 8.31. The molecular formula is C23H27F2N3O. The highest BCUT2D eigenvalue weighted by Gasteiger charge is 2.36. The van der Waals surface area contributed by atoms with Gasteiger partial charge in [0.05, 0.1) is 6.21 Å². The largest absolute Gasteiger partial charge is 0.366 e. The molecule has 6 heteroatoms. The lowest BCUT2D eigenvalue weighted by atomic mass is 9.79. The molecular weight excluding hydrogens is 372 g/mol. The van der Waals surface area contributed by atoms with Crippen molar-refractivity contribution in [3.63, 3.8) is 0 Å². The first-order valence-electron chi connectivity index (χ1n) is 9.93. The number of hydrazone groups is 1. The van der Waals surface area contributed by atoms with Gasteiger partial charge in [0.1, 0.15) is 11.6 Å². The highest BCUT2D eigenvalue weighted by Crippen LogP contribution is 2.44. The van der Waals surface area contributed by atoms with E-state index < -0.39 is 17.5 Å². The van der Waals surface area contributed by atoms with Crippen molar-refractivity contribution >= 4 is 17.8 Å². The number of halogens is 2. The fourth-order valence-electron chi connectivity index (χ4n) is 4.12. The van der Waals surface area contributed by atoms with Crippen LogP contribution in [0.1, 0.15) is 67.9 Å². The Bertz CT molecular complexity index is 940. The van der Waals surface area contributed by atoms with Crippen molar-refractivity contribution in [1.82, 2.24) is 5.43 Å². The molecule has 0 spiro atoms. The van der Waals surface area contributed by atoms with Gasteiger partial charge in [0.15, 0.2) is 0 Å². The zero-order chi connectivity index (χ0) is 21.2. The van der Waals surface area contributed by atoms with Crippen LogP contribution in [0.15, 0.2) is 41.5 Å². The van der Waals surface area contributed by atoms with E-state index in [-0.39, 0.29) is 17.0 Å². The van der Waals surface area contributed by atoms with Gasteiger partial charge in [-0.25, -0.2) is 14.2 Å². The van der Waals surface area contributed by atoms with Crippen LogP contribution in [-0.4, -0.2) is 24.2 Å². The van der Waals surface area contributed by atoms with Gasteiger partial charge < -0.3 is 4.90 Å². The molecule has 0 radical (unpaired) electrons. The summed E-state index contributed by atoms with van der Waals surface area (Å²) in [6.45, 7) is 9.51. The van der Waals surface area contributed by atoms with Crippen LogP contribution in [0, 0.1) is 11.6 Å². The minimum atomic E-state index is -0.552. The number of nitrogens with zero attached hydrogens (tertiary/aromatic N) is 2. The third-order valence-corrected chi connectivity index (χ3v) is 5.41. The van der Waals surface area contributed by atoms with Crippen LogP contribution in [0.4, 0.5) is 14.5 Å². The maximum absolute atomic E-state index is 14.8. The number of benzene rings is 2. The summed E-state index contributed by atoms with van der Waals surface area (Å²) in [4.78, 5) is 14.3. The van der Waals surface area contributed by atoms with Gasteiger partial charge in [-0.1, -0.05) is 19.9 Å². The highest BCUT2D eigenvalue weighted by atomic mass is 19.1. The summed E-state index contributed by atoms with van der Waals surface area (Å²) in [5.41, 5.74) is 4.75. The second-order valence-electron chi connectivity index (χ2n) is 8.21. The first-order chi connectivity index (χ1) is 13.7. The van der Waals surface area contributed by atoms with Gasteiger partial charge in [-0.15, -0.1) is 0 Å². The summed E-state index contributed by atoms with van der Waals surface area (Å²) in [6.07, 6.45) is 3.25. The summed E-state index contributed by atoms with van der Waals surface area (Å²) in [7, 11) is 0. The number of carbonyl (C=O) groups is 1. The van der Waals surface area contributed by atoms with Crippen molar-refractivity contribution in [3.8, 4) is 0 Å². The minimum absolute atomic E-state index is 0.0383. The number of nitrogens with one attached hydrogen (secondary N) is 1. The molecule has 0 aliphatic carbocycles. The predicted molar refractivity (Wildman–Crippen MR) is 113 cm³/mol. The molecule has 1 atom stereocenters. The van der Waals surface area contributed by atoms with Gasteiger partial charge in [-0.3, -0.25) is 4.79 Å². The van der Waals surface area contributed by atoms with Crippen molar-refractivity contribution in [1.29, 1.82) is 0 Å². The standard InChI is InChI=1S/C23H27F2N3O/c1-5-9-28-21-12-20(25)17(11-19(21)15(2)13-23(28,3)4)14-26-27-22(29)16-7-6-8-18(24)10-16/h6-8,10-12,14-15H,5,9,13H2,1-4H3,(H,27,29)/b26-14-. The number of anilines is 1.